The largest absolute Gasteiger partial charge is 0.490 e. The Hall–Kier alpha value is -2.36. The minimum atomic E-state index is -3.83. The number of sulfonamides is 1. The highest BCUT2D eigenvalue weighted by molar-refractivity contribution is 7.89. The summed E-state index contributed by atoms with van der Waals surface area (Å²) in [6.45, 7) is 5.32. The molecule has 10 heteroatoms. The van der Waals surface area contributed by atoms with Gasteiger partial charge in [0.15, 0.2) is 11.5 Å². The summed E-state index contributed by atoms with van der Waals surface area (Å²) < 4.78 is 51.4. The van der Waals surface area contributed by atoms with Gasteiger partial charge in [0.2, 0.25) is 10.0 Å². The molecule has 0 unspecified atom stereocenters. The first kappa shape index (κ1) is 23.3. The minimum absolute atomic E-state index is 0.0773. The lowest BCUT2D eigenvalue weighted by Crippen LogP contribution is -2.50. The van der Waals surface area contributed by atoms with Crippen LogP contribution in [0.4, 0.5) is 4.39 Å². The zero-order valence-electron chi connectivity index (χ0n) is 17.3. The van der Waals surface area contributed by atoms with Crippen LogP contribution in [0.25, 0.3) is 0 Å². The number of rotatable bonds is 7. The summed E-state index contributed by atoms with van der Waals surface area (Å²) in [7, 11) is -3.83. The fourth-order valence-corrected chi connectivity index (χ4v) is 4.98. The number of carbonyl (C=O) groups is 1. The van der Waals surface area contributed by atoms with Crippen molar-refractivity contribution in [1.29, 1.82) is 0 Å². The lowest BCUT2D eigenvalue weighted by molar-refractivity contribution is 0.0697. The molecule has 0 aliphatic carbocycles. The highest BCUT2D eigenvalue weighted by atomic mass is 35.5. The summed E-state index contributed by atoms with van der Waals surface area (Å²) in [4.78, 5) is 14.5. The average molecular weight is 471 g/mol. The van der Waals surface area contributed by atoms with Crippen molar-refractivity contribution >= 4 is 27.5 Å². The van der Waals surface area contributed by atoms with Crippen LogP contribution in [0.5, 0.6) is 11.5 Å². The van der Waals surface area contributed by atoms with E-state index in [0.29, 0.717) is 30.3 Å². The van der Waals surface area contributed by atoms with Crippen molar-refractivity contribution in [1.82, 2.24) is 9.21 Å². The Bertz CT molecular complexity index is 1060. The van der Waals surface area contributed by atoms with Crippen LogP contribution in [0.2, 0.25) is 5.02 Å². The van der Waals surface area contributed by atoms with E-state index in [4.69, 9.17) is 21.1 Å². The number of carbonyl (C=O) groups excluding carboxylic acids is 1. The monoisotopic (exact) mass is 470 g/mol. The van der Waals surface area contributed by atoms with E-state index in [2.05, 4.69) is 0 Å². The standard InChI is InChI=1S/C21H24ClFN2O5S/c1-3-29-19-8-5-15(13-20(19)30-4-2)21(26)24-9-11-25(12-10-24)31(27,28)16-6-7-18(23)17(22)14-16/h5-8,13-14H,3-4,9-12H2,1-2H3. The third-order valence-electron chi connectivity index (χ3n) is 4.85. The van der Waals surface area contributed by atoms with Crippen LogP contribution >= 0.6 is 11.6 Å². The van der Waals surface area contributed by atoms with Crippen LogP contribution in [-0.2, 0) is 10.0 Å². The van der Waals surface area contributed by atoms with Gasteiger partial charge in [-0.05, 0) is 50.2 Å². The summed E-state index contributed by atoms with van der Waals surface area (Å²) >= 11 is 5.73. The molecular weight excluding hydrogens is 447 g/mol. The van der Waals surface area contributed by atoms with E-state index in [0.717, 1.165) is 12.1 Å². The molecular formula is C21H24ClFN2O5S. The van der Waals surface area contributed by atoms with E-state index in [1.54, 1.807) is 23.1 Å². The Labute approximate surface area is 186 Å². The maximum Gasteiger partial charge on any atom is 0.254 e. The topological polar surface area (TPSA) is 76.2 Å². The van der Waals surface area contributed by atoms with Crippen molar-refractivity contribution in [2.75, 3.05) is 39.4 Å². The Morgan fingerprint density at radius 3 is 2.26 bits per heavy atom. The Morgan fingerprint density at radius 1 is 1.00 bits per heavy atom. The first-order valence-electron chi connectivity index (χ1n) is 9.92. The lowest BCUT2D eigenvalue weighted by atomic mass is 10.1. The number of amides is 1. The van der Waals surface area contributed by atoms with E-state index < -0.39 is 15.8 Å². The van der Waals surface area contributed by atoms with E-state index in [1.807, 2.05) is 13.8 Å². The summed E-state index contributed by atoms with van der Waals surface area (Å²) in [5, 5.41) is -0.254. The van der Waals surface area contributed by atoms with Gasteiger partial charge in [-0.3, -0.25) is 4.79 Å². The van der Waals surface area contributed by atoms with Crippen molar-refractivity contribution < 1.29 is 27.1 Å². The SMILES string of the molecule is CCOc1ccc(C(=O)N2CCN(S(=O)(=O)c3ccc(F)c(Cl)c3)CC2)cc1OCC. The zero-order valence-corrected chi connectivity index (χ0v) is 18.9. The van der Waals surface area contributed by atoms with E-state index >= 15 is 0 Å². The summed E-state index contributed by atoms with van der Waals surface area (Å²) in [6.07, 6.45) is 0. The van der Waals surface area contributed by atoms with Gasteiger partial charge in [0.05, 0.1) is 23.1 Å². The predicted molar refractivity (Wildman–Crippen MR) is 115 cm³/mol. The smallest absolute Gasteiger partial charge is 0.254 e. The van der Waals surface area contributed by atoms with Gasteiger partial charge in [-0.15, -0.1) is 0 Å². The second-order valence-corrected chi connectivity index (χ2v) is 9.14. The van der Waals surface area contributed by atoms with Crippen LogP contribution in [-0.4, -0.2) is 62.9 Å². The van der Waals surface area contributed by atoms with Crippen molar-refractivity contribution in [2.45, 2.75) is 18.7 Å². The van der Waals surface area contributed by atoms with Gasteiger partial charge >= 0.3 is 0 Å². The van der Waals surface area contributed by atoms with E-state index in [9.17, 15) is 17.6 Å². The molecule has 31 heavy (non-hydrogen) atoms. The molecule has 2 aromatic rings. The molecule has 1 saturated heterocycles. The molecule has 2 aromatic carbocycles. The molecule has 0 saturated carbocycles. The summed E-state index contributed by atoms with van der Waals surface area (Å²) in [5.74, 6) is 0.156. The molecule has 3 rings (SSSR count). The highest BCUT2D eigenvalue weighted by Gasteiger charge is 2.31. The number of hydrogen-bond donors (Lipinski definition) is 0. The molecule has 1 heterocycles. The van der Waals surface area contributed by atoms with E-state index in [1.165, 1.54) is 10.4 Å². The van der Waals surface area contributed by atoms with E-state index in [-0.39, 0.29) is 42.0 Å². The molecule has 1 aliphatic heterocycles. The third kappa shape index (κ3) is 5.11. The van der Waals surface area contributed by atoms with Crippen molar-refractivity contribution in [3.8, 4) is 11.5 Å². The lowest BCUT2D eigenvalue weighted by Gasteiger charge is -2.34. The molecule has 1 aliphatic rings. The van der Waals surface area contributed by atoms with Crippen LogP contribution in [0.3, 0.4) is 0 Å². The number of benzene rings is 2. The fourth-order valence-electron chi connectivity index (χ4n) is 3.28. The second-order valence-electron chi connectivity index (χ2n) is 6.80. The van der Waals surface area contributed by atoms with Gasteiger partial charge in [-0.2, -0.15) is 4.31 Å². The molecule has 0 bridgehead atoms. The maximum absolute atomic E-state index is 13.4. The average Bonchev–Trinajstić information content (AvgIpc) is 2.76. The molecule has 0 atom stereocenters. The zero-order chi connectivity index (χ0) is 22.6. The van der Waals surface area contributed by atoms with Gasteiger partial charge in [0.1, 0.15) is 5.82 Å². The molecule has 0 radical (unpaired) electrons. The highest BCUT2D eigenvalue weighted by Crippen LogP contribution is 2.29. The molecule has 1 amide bonds. The quantitative estimate of drug-likeness (QED) is 0.619. The van der Waals surface area contributed by atoms with Crippen LogP contribution in [0, 0.1) is 5.82 Å². The number of ether oxygens (including phenoxy) is 2. The third-order valence-corrected chi connectivity index (χ3v) is 7.03. The normalized spacial score (nSPS) is 15.0. The van der Waals surface area contributed by atoms with Gasteiger partial charge in [-0.25, -0.2) is 12.8 Å². The molecule has 0 N–H and O–H groups in total. The second kappa shape index (κ2) is 9.84. The molecule has 0 aromatic heterocycles. The molecule has 1 fully saturated rings. The molecule has 0 spiro atoms. The Kier molecular flexibility index (Phi) is 7.40. The van der Waals surface area contributed by atoms with Gasteiger partial charge in [0, 0.05) is 31.7 Å². The number of piperazine rings is 1. The fraction of sp³-hybridized carbons (Fsp3) is 0.381. The summed E-state index contributed by atoms with van der Waals surface area (Å²) in [6, 6.07) is 8.31. The first-order valence-corrected chi connectivity index (χ1v) is 11.7. The number of halogens is 2. The first-order chi connectivity index (χ1) is 14.8. The molecule has 7 nitrogen and oxygen atoms in total. The van der Waals surface area contributed by atoms with Crippen LogP contribution in [0.15, 0.2) is 41.3 Å². The summed E-state index contributed by atoms with van der Waals surface area (Å²) in [5.41, 5.74) is 0.438. The van der Waals surface area contributed by atoms with Crippen molar-refractivity contribution in [3.63, 3.8) is 0 Å². The number of hydrogen-bond acceptors (Lipinski definition) is 5. The number of nitrogens with zero attached hydrogens (tertiary/aromatic N) is 2. The van der Waals surface area contributed by atoms with Crippen molar-refractivity contribution in [2.24, 2.45) is 0 Å². The Morgan fingerprint density at radius 2 is 1.65 bits per heavy atom. The van der Waals surface area contributed by atoms with Gasteiger partial charge in [0.25, 0.3) is 5.91 Å². The van der Waals surface area contributed by atoms with Gasteiger partial charge < -0.3 is 14.4 Å². The minimum Gasteiger partial charge on any atom is -0.490 e. The molecule has 168 valence electrons. The van der Waals surface area contributed by atoms with Crippen LogP contribution < -0.4 is 9.47 Å². The van der Waals surface area contributed by atoms with Gasteiger partial charge in [-0.1, -0.05) is 11.6 Å². The van der Waals surface area contributed by atoms with Crippen LogP contribution in [0.1, 0.15) is 24.2 Å². The van der Waals surface area contributed by atoms with Crippen molar-refractivity contribution in [3.05, 3.63) is 52.8 Å². The predicted octanol–water partition coefficient (Wildman–Crippen LogP) is 3.42. The Balaban J connectivity index is 1.71. The maximum atomic E-state index is 13.4.